The van der Waals surface area contributed by atoms with Crippen molar-refractivity contribution in [2.24, 2.45) is 5.10 Å². The van der Waals surface area contributed by atoms with E-state index >= 15 is 0 Å². The number of amides is 3. The Bertz CT molecular complexity index is 1170. The largest absolute Gasteiger partial charge is 0.483 e. The fraction of sp³-hybridized carbons (Fsp3) is 0.120. The van der Waals surface area contributed by atoms with Crippen molar-refractivity contribution < 1.29 is 19.1 Å². The van der Waals surface area contributed by atoms with Gasteiger partial charge in [-0.1, -0.05) is 64.5 Å². The number of nitrogens with one attached hydrogen (secondary N) is 3. The first kappa shape index (κ1) is 24.7. The zero-order valence-electron chi connectivity index (χ0n) is 18.3. The minimum atomic E-state index is -0.904. The highest BCUT2D eigenvalue weighted by Crippen LogP contribution is 2.22. The van der Waals surface area contributed by atoms with E-state index in [0.717, 1.165) is 10.0 Å². The van der Waals surface area contributed by atoms with Gasteiger partial charge in [-0.25, -0.2) is 5.43 Å². The highest BCUT2D eigenvalue weighted by molar-refractivity contribution is 9.10. The van der Waals surface area contributed by atoms with Crippen molar-refractivity contribution in [2.75, 3.05) is 11.9 Å². The first-order valence-corrected chi connectivity index (χ1v) is 11.2. The summed E-state index contributed by atoms with van der Waals surface area (Å²) < 4.78 is 6.36. The van der Waals surface area contributed by atoms with Gasteiger partial charge in [-0.15, -0.1) is 0 Å². The zero-order chi connectivity index (χ0) is 24.3. The molecule has 0 saturated heterocycles. The van der Waals surface area contributed by atoms with Gasteiger partial charge < -0.3 is 15.4 Å². The summed E-state index contributed by atoms with van der Waals surface area (Å²) in [5.41, 5.74) is 4.24. The highest BCUT2D eigenvalue weighted by Gasteiger charge is 2.16. The lowest BCUT2D eigenvalue weighted by atomic mass is 10.1. The van der Waals surface area contributed by atoms with E-state index in [1.54, 1.807) is 37.3 Å². The van der Waals surface area contributed by atoms with E-state index in [9.17, 15) is 14.4 Å². The molecule has 0 aliphatic carbocycles. The number of rotatable bonds is 8. The molecule has 3 rings (SSSR count). The van der Waals surface area contributed by atoms with Crippen molar-refractivity contribution in [3.8, 4) is 5.75 Å². The topological polar surface area (TPSA) is 109 Å². The predicted molar refractivity (Wildman–Crippen MR) is 133 cm³/mol. The van der Waals surface area contributed by atoms with Crippen molar-refractivity contribution >= 4 is 45.6 Å². The van der Waals surface area contributed by atoms with Crippen LogP contribution in [0.25, 0.3) is 0 Å². The molecule has 3 amide bonds. The quantitative estimate of drug-likeness (QED) is 0.237. The molecule has 0 saturated carbocycles. The summed E-state index contributed by atoms with van der Waals surface area (Å²) in [6.07, 6.45) is 1.33. The highest BCUT2D eigenvalue weighted by atomic mass is 79.9. The third-order valence-electron chi connectivity index (χ3n) is 4.61. The van der Waals surface area contributed by atoms with Gasteiger partial charge in [0.1, 0.15) is 5.75 Å². The molecule has 3 N–H and O–H groups in total. The van der Waals surface area contributed by atoms with Crippen LogP contribution in [0, 0.1) is 0 Å². The summed E-state index contributed by atoms with van der Waals surface area (Å²) >= 11 is 3.37. The molecule has 0 spiro atoms. The number of hydrazone groups is 1. The fourth-order valence-electron chi connectivity index (χ4n) is 2.91. The Hall–Kier alpha value is -3.98. The standard InChI is InChI=1S/C25H23BrN4O4/c1-17(18-8-4-2-5-9-18)28-24(32)25(33)30-27-15-19-14-20(26)12-13-22(19)34-16-23(31)29-21-10-6-3-7-11-21/h2-15,17H,16H2,1H3,(H,28,32)(H,29,31)(H,30,33)/b27-15-/t17-/m1/s1. The molecular formula is C25H23BrN4O4. The van der Waals surface area contributed by atoms with Gasteiger partial charge in [-0.2, -0.15) is 5.10 Å². The first-order valence-electron chi connectivity index (χ1n) is 10.4. The summed E-state index contributed by atoms with van der Waals surface area (Å²) in [6, 6.07) is 23.1. The van der Waals surface area contributed by atoms with Crippen LogP contribution >= 0.6 is 15.9 Å². The molecule has 34 heavy (non-hydrogen) atoms. The smallest absolute Gasteiger partial charge is 0.329 e. The van der Waals surface area contributed by atoms with Crippen LogP contribution in [0.3, 0.4) is 0 Å². The van der Waals surface area contributed by atoms with Crippen molar-refractivity contribution in [3.63, 3.8) is 0 Å². The van der Waals surface area contributed by atoms with Crippen LogP contribution in [0.1, 0.15) is 24.1 Å². The molecular weight excluding hydrogens is 500 g/mol. The Morgan fingerprint density at radius 1 is 0.971 bits per heavy atom. The monoisotopic (exact) mass is 522 g/mol. The van der Waals surface area contributed by atoms with Crippen LogP contribution < -0.4 is 20.8 Å². The second kappa shape index (κ2) is 12.3. The first-order chi connectivity index (χ1) is 16.4. The number of benzene rings is 3. The summed E-state index contributed by atoms with van der Waals surface area (Å²) in [5, 5.41) is 9.20. The van der Waals surface area contributed by atoms with Crippen LogP contribution in [0.5, 0.6) is 5.75 Å². The molecule has 0 bridgehead atoms. The van der Waals surface area contributed by atoms with Gasteiger partial charge in [0.25, 0.3) is 5.91 Å². The van der Waals surface area contributed by atoms with Crippen molar-refractivity contribution in [3.05, 3.63) is 94.5 Å². The van der Waals surface area contributed by atoms with Crippen LogP contribution in [0.15, 0.2) is 88.4 Å². The molecule has 1 atom stereocenters. The second-order valence-electron chi connectivity index (χ2n) is 7.19. The van der Waals surface area contributed by atoms with Gasteiger partial charge in [0.2, 0.25) is 0 Å². The van der Waals surface area contributed by atoms with Gasteiger partial charge in [0.05, 0.1) is 12.3 Å². The maximum atomic E-state index is 12.2. The molecule has 0 radical (unpaired) electrons. The lowest BCUT2D eigenvalue weighted by Crippen LogP contribution is -2.39. The lowest BCUT2D eigenvalue weighted by molar-refractivity contribution is -0.139. The molecule has 3 aromatic carbocycles. The average Bonchev–Trinajstić information content (AvgIpc) is 2.84. The summed E-state index contributed by atoms with van der Waals surface area (Å²) in [5.74, 6) is -1.66. The normalized spacial score (nSPS) is 11.5. The van der Waals surface area contributed by atoms with Crippen LogP contribution in [0.2, 0.25) is 0 Å². The molecule has 9 heteroatoms. The van der Waals surface area contributed by atoms with Crippen LogP contribution in [-0.2, 0) is 14.4 Å². The lowest BCUT2D eigenvalue weighted by Gasteiger charge is -2.13. The van der Waals surface area contributed by atoms with Gasteiger partial charge in [-0.05, 0) is 42.8 Å². The van der Waals surface area contributed by atoms with Gasteiger partial charge >= 0.3 is 11.8 Å². The number of carbonyl (C=O) groups is 3. The Kier molecular flexibility index (Phi) is 8.93. The Balaban J connectivity index is 1.55. The van der Waals surface area contributed by atoms with E-state index in [1.165, 1.54) is 6.21 Å². The molecule has 0 aromatic heterocycles. The zero-order valence-corrected chi connectivity index (χ0v) is 19.9. The second-order valence-corrected chi connectivity index (χ2v) is 8.11. The van der Waals surface area contributed by atoms with E-state index in [-0.39, 0.29) is 18.6 Å². The number of para-hydroxylation sites is 1. The average molecular weight is 523 g/mol. The number of anilines is 1. The van der Waals surface area contributed by atoms with E-state index in [0.29, 0.717) is 17.0 Å². The maximum absolute atomic E-state index is 12.2. The fourth-order valence-corrected chi connectivity index (χ4v) is 3.29. The minimum absolute atomic E-state index is 0.219. The Labute approximate surface area is 205 Å². The summed E-state index contributed by atoms with van der Waals surface area (Å²) in [4.78, 5) is 36.4. The Morgan fingerprint density at radius 3 is 2.35 bits per heavy atom. The number of nitrogens with zero attached hydrogens (tertiary/aromatic N) is 1. The molecule has 0 fully saturated rings. The number of halogens is 1. The summed E-state index contributed by atoms with van der Waals surface area (Å²) in [6.45, 7) is 1.56. The van der Waals surface area contributed by atoms with Gasteiger partial charge in [0.15, 0.2) is 6.61 Å². The maximum Gasteiger partial charge on any atom is 0.329 e. The van der Waals surface area contributed by atoms with Crippen molar-refractivity contribution in [1.29, 1.82) is 0 Å². The van der Waals surface area contributed by atoms with Crippen LogP contribution in [-0.4, -0.2) is 30.5 Å². The van der Waals surface area contributed by atoms with Gasteiger partial charge in [-0.3, -0.25) is 14.4 Å². The number of carbonyl (C=O) groups excluding carboxylic acids is 3. The van der Waals surface area contributed by atoms with E-state index in [4.69, 9.17) is 4.74 Å². The van der Waals surface area contributed by atoms with Gasteiger partial charge in [0, 0.05) is 15.7 Å². The molecule has 0 unspecified atom stereocenters. The SMILES string of the molecule is C[C@@H](NC(=O)C(=O)N/N=C\c1cc(Br)ccc1OCC(=O)Nc1ccccc1)c1ccccc1. The molecule has 8 nitrogen and oxygen atoms in total. The molecule has 174 valence electrons. The molecule has 0 heterocycles. The number of hydrogen-bond acceptors (Lipinski definition) is 5. The van der Waals surface area contributed by atoms with Crippen molar-refractivity contribution in [1.82, 2.24) is 10.7 Å². The third kappa shape index (κ3) is 7.56. The van der Waals surface area contributed by atoms with Crippen molar-refractivity contribution in [2.45, 2.75) is 13.0 Å². The summed E-state index contributed by atoms with van der Waals surface area (Å²) in [7, 11) is 0. The van der Waals surface area contributed by atoms with Crippen LogP contribution in [0.4, 0.5) is 5.69 Å². The molecule has 0 aliphatic rings. The minimum Gasteiger partial charge on any atom is -0.483 e. The van der Waals surface area contributed by atoms with E-state index in [2.05, 4.69) is 37.1 Å². The predicted octanol–water partition coefficient (Wildman–Crippen LogP) is 3.79. The van der Waals surface area contributed by atoms with E-state index in [1.807, 2.05) is 48.5 Å². The third-order valence-corrected chi connectivity index (χ3v) is 5.10. The number of hydrogen-bond donors (Lipinski definition) is 3. The Morgan fingerprint density at radius 2 is 1.65 bits per heavy atom. The molecule has 3 aromatic rings. The van der Waals surface area contributed by atoms with E-state index < -0.39 is 11.8 Å². The number of ether oxygens (including phenoxy) is 1. The molecule has 0 aliphatic heterocycles.